The van der Waals surface area contributed by atoms with Crippen LogP contribution in [0.2, 0.25) is 0 Å². The molecule has 0 aliphatic carbocycles. The van der Waals surface area contributed by atoms with Crippen molar-refractivity contribution in [2.24, 2.45) is 0 Å². The Bertz CT molecular complexity index is 180. The van der Waals surface area contributed by atoms with Gasteiger partial charge in [-0.1, -0.05) is 0 Å². The highest BCUT2D eigenvalue weighted by Crippen LogP contribution is 2.18. The van der Waals surface area contributed by atoms with Crippen molar-refractivity contribution in [3.63, 3.8) is 0 Å². The average Bonchev–Trinajstić information content (AvgIpc) is 2.05. The number of hydrogen-bond donors (Lipinski definition) is 0. The Morgan fingerprint density at radius 1 is 1.75 bits per heavy atom. The van der Waals surface area contributed by atoms with Crippen LogP contribution in [-0.4, -0.2) is 43.0 Å². The summed E-state index contributed by atoms with van der Waals surface area (Å²) in [6.45, 7) is 4.77. The molecule has 0 radical (unpaired) electrons. The molecule has 0 aromatic carbocycles. The van der Waals surface area contributed by atoms with Crippen LogP contribution >= 0.6 is 11.8 Å². The molecule has 2 atom stereocenters. The van der Waals surface area contributed by atoms with Gasteiger partial charge < -0.3 is 9.64 Å². The van der Waals surface area contributed by atoms with Crippen LogP contribution in [0.25, 0.3) is 0 Å². The number of thiocyanates is 1. The summed E-state index contributed by atoms with van der Waals surface area (Å²) >= 11 is 1.29. The average molecular weight is 186 g/mol. The van der Waals surface area contributed by atoms with E-state index in [0.717, 1.165) is 19.7 Å². The molecule has 0 spiro atoms. The van der Waals surface area contributed by atoms with Gasteiger partial charge in [-0.25, -0.2) is 0 Å². The lowest BCUT2D eigenvalue weighted by atomic mass is 10.2. The summed E-state index contributed by atoms with van der Waals surface area (Å²) in [5.41, 5.74) is 0. The smallest absolute Gasteiger partial charge is 0.133 e. The van der Waals surface area contributed by atoms with Gasteiger partial charge in [0.05, 0.1) is 12.7 Å². The number of nitriles is 1. The summed E-state index contributed by atoms with van der Waals surface area (Å²) in [6, 6.07) is 0. The van der Waals surface area contributed by atoms with Gasteiger partial charge in [-0.15, -0.1) is 0 Å². The second kappa shape index (κ2) is 4.70. The van der Waals surface area contributed by atoms with Crippen LogP contribution < -0.4 is 0 Å². The second-order valence-electron chi connectivity index (χ2n) is 3.09. The zero-order chi connectivity index (χ0) is 8.97. The molecular formula is C8H14N2OS. The molecule has 1 aliphatic rings. The topological polar surface area (TPSA) is 36.3 Å². The number of morpholine rings is 1. The number of thioether (sulfide) groups is 1. The summed E-state index contributed by atoms with van der Waals surface area (Å²) < 4.78 is 5.55. The lowest BCUT2D eigenvalue weighted by molar-refractivity contribution is -0.0175. The fourth-order valence-corrected chi connectivity index (χ4v) is 1.74. The highest BCUT2D eigenvalue weighted by molar-refractivity contribution is 8.04. The van der Waals surface area contributed by atoms with E-state index in [-0.39, 0.29) is 11.4 Å². The largest absolute Gasteiger partial charge is 0.374 e. The molecule has 68 valence electrons. The maximum atomic E-state index is 8.48. The zero-order valence-electron chi connectivity index (χ0n) is 7.49. The van der Waals surface area contributed by atoms with E-state index in [4.69, 9.17) is 10.00 Å². The van der Waals surface area contributed by atoms with Crippen molar-refractivity contribution in [2.45, 2.75) is 18.3 Å². The third-order valence-corrected chi connectivity index (χ3v) is 2.84. The van der Waals surface area contributed by atoms with E-state index in [2.05, 4.69) is 17.3 Å². The summed E-state index contributed by atoms with van der Waals surface area (Å²) in [6.07, 6.45) is 0.216. The monoisotopic (exact) mass is 186 g/mol. The van der Waals surface area contributed by atoms with Crippen LogP contribution in [0.5, 0.6) is 0 Å². The molecule has 0 bridgehead atoms. The summed E-state index contributed by atoms with van der Waals surface area (Å²) in [5, 5.41) is 10.9. The maximum Gasteiger partial charge on any atom is 0.133 e. The fourth-order valence-electron chi connectivity index (χ4n) is 1.25. The van der Waals surface area contributed by atoms with Crippen molar-refractivity contribution in [3.8, 4) is 5.40 Å². The molecule has 4 heteroatoms. The van der Waals surface area contributed by atoms with E-state index in [9.17, 15) is 0 Å². The van der Waals surface area contributed by atoms with Crippen molar-refractivity contribution in [2.75, 3.05) is 26.7 Å². The van der Waals surface area contributed by atoms with Gasteiger partial charge in [0.25, 0.3) is 0 Å². The molecular weight excluding hydrogens is 172 g/mol. The lowest BCUT2D eigenvalue weighted by Crippen LogP contribution is -2.44. The number of nitrogens with zero attached hydrogens (tertiary/aromatic N) is 2. The Balaban J connectivity index is 2.35. The summed E-state index contributed by atoms with van der Waals surface area (Å²) in [7, 11) is 2.08. The van der Waals surface area contributed by atoms with Crippen LogP contribution in [0, 0.1) is 10.7 Å². The van der Waals surface area contributed by atoms with Crippen molar-refractivity contribution in [3.05, 3.63) is 0 Å². The van der Waals surface area contributed by atoms with E-state index < -0.39 is 0 Å². The number of rotatable bonds is 2. The van der Waals surface area contributed by atoms with Gasteiger partial charge in [-0.3, -0.25) is 0 Å². The minimum absolute atomic E-state index is 0.216. The molecule has 0 N–H and O–H groups in total. The molecule has 1 unspecified atom stereocenters. The Kier molecular flexibility index (Phi) is 3.86. The minimum atomic E-state index is 0.216. The van der Waals surface area contributed by atoms with Crippen molar-refractivity contribution in [1.29, 1.82) is 5.26 Å². The van der Waals surface area contributed by atoms with Crippen LogP contribution in [-0.2, 0) is 4.74 Å². The molecule has 1 aliphatic heterocycles. The van der Waals surface area contributed by atoms with Gasteiger partial charge in [-0.05, 0) is 25.7 Å². The molecule has 0 amide bonds. The predicted octanol–water partition coefficient (Wildman–Crippen LogP) is 0.920. The van der Waals surface area contributed by atoms with E-state index in [1.807, 2.05) is 6.92 Å². The first-order valence-electron chi connectivity index (χ1n) is 4.09. The van der Waals surface area contributed by atoms with E-state index >= 15 is 0 Å². The molecule has 0 aromatic rings. The quantitative estimate of drug-likeness (QED) is 0.601. The number of hydrogen-bond acceptors (Lipinski definition) is 4. The van der Waals surface area contributed by atoms with Crippen molar-refractivity contribution >= 4 is 11.8 Å². The maximum absolute atomic E-state index is 8.48. The van der Waals surface area contributed by atoms with Gasteiger partial charge in [0, 0.05) is 18.3 Å². The van der Waals surface area contributed by atoms with Crippen LogP contribution in [0.15, 0.2) is 0 Å². The van der Waals surface area contributed by atoms with E-state index in [0.29, 0.717) is 0 Å². The fraction of sp³-hybridized carbons (Fsp3) is 0.875. The highest BCUT2D eigenvalue weighted by atomic mass is 32.2. The van der Waals surface area contributed by atoms with E-state index in [1.165, 1.54) is 11.8 Å². The third kappa shape index (κ3) is 2.67. The Labute approximate surface area is 77.7 Å². The molecule has 12 heavy (non-hydrogen) atoms. The molecule has 1 fully saturated rings. The first-order chi connectivity index (χ1) is 5.74. The third-order valence-electron chi connectivity index (χ3n) is 2.06. The zero-order valence-corrected chi connectivity index (χ0v) is 8.30. The van der Waals surface area contributed by atoms with Gasteiger partial charge >= 0.3 is 0 Å². The minimum Gasteiger partial charge on any atom is -0.374 e. The first-order valence-corrected chi connectivity index (χ1v) is 4.97. The second-order valence-corrected chi connectivity index (χ2v) is 4.25. The normalized spacial score (nSPS) is 27.9. The molecule has 0 aromatic heterocycles. The molecule has 1 saturated heterocycles. The van der Waals surface area contributed by atoms with Crippen LogP contribution in [0.3, 0.4) is 0 Å². The highest BCUT2D eigenvalue weighted by Gasteiger charge is 2.23. The molecule has 0 saturated carbocycles. The van der Waals surface area contributed by atoms with Gasteiger partial charge in [-0.2, -0.15) is 5.26 Å². The Morgan fingerprint density at radius 2 is 2.50 bits per heavy atom. The molecule has 1 rings (SSSR count). The molecule has 1 heterocycles. The van der Waals surface area contributed by atoms with Gasteiger partial charge in [0.15, 0.2) is 0 Å². The van der Waals surface area contributed by atoms with Gasteiger partial charge in [0.2, 0.25) is 0 Å². The first kappa shape index (κ1) is 9.85. The Hall–Kier alpha value is -0.240. The van der Waals surface area contributed by atoms with Crippen LogP contribution in [0.4, 0.5) is 0 Å². The predicted molar refractivity (Wildman–Crippen MR) is 49.9 cm³/mol. The number of likely N-dealkylation sites (N-methyl/N-ethyl adjacent to an activating group) is 1. The van der Waals surface area contributed by atoms with Crippen molar-refractivity contribution < 1.29 is 4.74 Å². The summed E-state index contributed by atoms with van der Waals surface area (Å²) in [5.74, 6) is 0. The SMILES string of the molecule is C[C@@H](SC#N)C1CN(C)CCO1. The van der Waals surface area contributed by atoms with E-state index in [1.54, 1.807) is 0 Å². The molecule has 3 nitrogen and oxygen atoms in total. The standard InChI is InChI=1S/C8H14N2OS/c1-7(12-6-9)8-5-10(2)3-4-11-8/h7-8H,3-5H2,1-2H3/t7-,8?/m1/s1. The Morgan fingerprint density at radius 3 is 3.08 bits per heavy atom. The lowest BCUT2D eigenvalue weighted by Gasteiger charge is -2.32. The number of ether oxygens (including phenoxy) is 1. The van der Waals surface area contributed by atoms with Gasteiger partial charge in [0.1, 0.15) is 5.40 Å². The van der Waals surface area contributed by atoms with Crippen LogP contribution in [0.1, 0.15) is 6.92 Å². The van der Waals surface area contributed by atoms with Crippen molar-refractivity contribution in [1.82, 2.24) is 4.90 Å². The summed E-state index contributed by atoms with van der Waals surface area (Å²) in [4.78, 5) is 2.24.